The Morgan fingerprint density at radius 3 is 2.47 bits per heavy atom. The van der Waals surface area contributed by atoms with Crippen molar-refractivity contribution in [1.29, 1.82) is 0 Å². The van der Waals surface area contributed by atoms with Crippen LogP contribution in [0.15, 0.2) is 35.1 Å². The molecule has 172 valence electrons. The number of nitrogens with zero attached hydrogens (tertiary/aromatic N) is 2. The molecule has 0 aliphatic carbocycles. The van der Waals surface area contributed by atoms with Crippen molar-refractivity contribution in [3.8, 4) is 0 Å². The van der Waals surface area contributed by atoms with E-state index in [9.17, 15) is 27.9 Å². The Hall–Kier alpha value is -2.98. The minimum absolute atomic E-state index is 0.0400. The summed E-state index contributed by atoms with van der Waals surface area (Å²) in [5, 5.41) is 12.5. The van der Waals surface area contributed by atoms with Gasteiger partial charge >= 0.3 is 0 Å². The van der Waals surface area contributed by atoms with E-state index in [0.717, 1.165) is 17.4 Å². The van der Waals surface area contributed by atoms with Gasteiger partial charge in [-0.3, -0.25) is 14.4 Å². The normalized spacial score (nSPS) is 13.7. The molecule has 0 radical (unpaired) electrons. The van der Waals surface area contributed by atoms with Crippen molar-refractivity contribution in [2.75, 3.05) is 25.1 Å². The summed E-state index contributed by atoms with van der Waals surface area (Å²) in [6.07, 6.45) is 1.41. The van der Waals surface area contributed by atoms with Crippen molar-refractivity contribution in [3.63, 3.8) is 0 Å². The van der Waals surface area contributed by atoms with Gasteiger partial charge in [0, 0.05) is 38.0 Å². The summed E-state index contributed by atoms with van der Waals surface area (Å²) >= 11 is 0. The number of carbonyl (C=O) groups excluding carboxylic acids is 2. The number of amides is 2. The molecule has 1 aromatic carbocycles. The van der Waals surface area contributed by atoms with E-state index < -0.39 is 33.8 Å². The van der Waals surface area contributed by atoms with Gasteiger partial charge < -0.3 is 19.9 Å². The number of rotatable bonds is 8. The zero-order valence-corrected chi connectivity index (χ0v) is 18.9. The summed E-state index contributed by atoms with van der Waals surface area (Å²) in [5.41, 5.74) is 1.46. The molecule has 2 heterocycles. The summed E-state index contributed by atoms with van der Waals surface area (Å²) in [5.74, 6) is -1.09. The van der Waals surface area contributed by atoms with Gasteiger partial charge in [0.15, 0.2) is 0 Å². The molecule has 9 nitrogen and oxygen atoms in total. The number of pyridine rings is 1. The maximum atomic E-state index is 12.9. The number of hydrogen-bond acceptors (Lipinski definition) is 6. The van der Waals surface area contributed by atoms with Gasteiger partial charge in [0.05, 0.1) is 12.4 Å². The van der Waals surface area contributed by atoms with E-state index in [1.54, 1.807) is 0 Å². The van der Waals surface area contributed by atoms with Crippen molar-refractivity contribution < 1.29 is 23.1 Å². The van der Waals surface area contributed by atoms with Crippen molar-refractivity contribution >= 4 is 21.7 Å². The van der Waals surface area contributed by atoms with Crippen LogP contribution < -0.4 is 10.9 Å². The van der Waals surface area contributed by atoms with Crippen molar-refractivity contribution in [2.24, 2.45) is 0 Å². The number of hydrogen-bond donors (Lipinski definition) is 2. The quantitative estimate of drug-likeness (QED) is 0.589. The Balaban J connectivity index is 1.81. The molecule has 2 aromatic rings. The first-order valence-electron chi connectivity index (χ1n) is 10.3. The predicted molar refractivity (Wildman–Crippen MR) is 119 cm³/mol. The highest BCUT2D eigenvalue weighted by Crippen LogP contribution is 2.17. The van der Waals surface area contributed by atoms with E-state index in [2.05, 4.69) is 5.32 Å². The average Bonchev–Trinajstić information content (AvgIpc) is 2.74. The lowest BCUT2D eigenvalue weighted by atomic mass is 10.1. The minimum Gasteiger partial charge on any atom is -0.392 e. The Bertz CT molecular complexity index is 1190. The highest BCUT2D eigenvalue weighted by molar-refractivity contribution is 7.90. The first-order valence-corrected chi connectivity index (χ1v) is 12.3. The van der Waals surface area contributed by atoms with Crippen LogP contribution in [0.1, 0.15) is 44.0 Å². The second-order valence-electron chi connectivity index (χ2n) is 7.99. The van der Waals surface area contributed by atoms with Gasteiger partial charge in [-0.15, -0.1) is 0 Å². The van der Waals surface area contributed by atoms with Gasteiger partial charge in [-0.2, -0.15) is 0 Å². The fraction of sp³-hybridized carbons (Fsp3) is 0.409. The monoisotopic (exact) mass is 461 g/mol. The fourth-order valence-corrected chi connectivity index (χ4v) is 4.31. The number of aliphatic hydroxyl groups excluding tert-OH is 1. The number of sulfone groups is 1. The van der Waals surface area contributed by atoms with Crippen LogP contribution >= 0.6 is 0 Å². The maximum Gasteiger partial charge on any atom is 0.271 e. The molecular weight excluding hydrogens is 434 g/mol. The van der Waals surface area contributed by atoms with Crippen LogP contribution in [0.25, 0.3) is 0 Å². The zero-order valence-electron chi connectivity index (χ0n) is 18.1. The van der Waals surface area contributed by atoms with E-state index in [-0.39, 0.29) is 55.2 Å². The molecular formula is C22H27N3O6S. The Kier molecular flexibility index (Phi) is 7.15. The molecule has 0 saturated carbocycles. The first-order chi connectivity index (χ1) is 15.1. The molecule has 32 heavy (non-hydrogen) atoms. The molecule has 0 atom stereocenters. The lowest BCUT2D eigenvalue weighted by Gasteiger charge is -2.31. The van der Waals surface area contributed by atoms with E-state index in [4.69, 9.17) is 0 Å². The summed E-state index contributed by atoms with van der Waals surface area (Å²) in [6.45, 7) is 2.28. The Morgan fingerprint density at radius 1 is 1.16 bits per heavy atom. The number of aromatic nitrogens is 1. The molecule has 0 bridgehead atoms. The smallest absolute Gasteiger partial charge is 0.271 e. The summed E-state index contributed by atoms with van der Waals surface area (Å²) in [7, 11) is -3.14. The summed E-state index contributed by atoms with van der Waals surface area (Å²) < 4.78 is 23.9. The van der Waals surface area contributed by atoms with Crippen LogP contribution in [-0.2, 0) is 29.5 Å². The Morgan fingerprint density at radius 2 is 1.84 bits per heavy atom. The first kappa shape index (κ1) is 23.7. The topological polar surface area (TPSA) is 126 Å². The van der Waals surface area contributed by atoms with Crippen LogP contribution in [0.4, 0.5) is 0 Å². The number of fused-ring (bicyclic) bond motifs is 1. The third-order valence-corrected chi connectivity index (χ3v) is 6.41. The molecule has 0 unspecified atom stereocenters. The molecule has 1 aromatic heterocycles. The maximum absolute atomic E-state index is 12.9. The largest absolute Gasteiger partial charge is 0.392 e. The van der Waals surface area contributed by atoms with Crippen LogP contribution in [0.5, 0.6) is 0 Å². The lowest BCUT2D eigenvalue weighted by molar-refractivity contribution is 0.0694. The zero-order chi connectivity index (χ0) is 23.5. The number of benzene rings is 1. The van der Waals surface area contributed by atoms with Crippen LogP contribution in [0, 0.1) is 6.92 Å². The van der Waals surface area contributed by atoms with Gasteiger partial charge in [-0.1, -0.05) is 29.8 Å². The van der Waals surface area contributed by atoms with Crippen molar-refractivity contribution in [1.82, 2.24) is 14.8 Å². The molecule has 3 rings (SSSR count). The van der Waals surface area contributed by atoms with Gasteiger partial charge in [-0.05, 0) is 25.0 Å². The van der Waals surface area contributed by atoms with E-state index in [1.165, 1.54) is 15.5 Å². The highest BCUT2D eigenvalue weighted by atomic mass is 32.2. The highest BCUT2D eigenvalue weighted by Gasteiger charge is 2.30. The third-order valence-electron chi connectivity index (χ3n) is 5.38. The van der Waals surface area contributed by atoms with Crippen molar-refractivity contribution in [3.05, 3.63) is 68.6 Å². The molecule has 0 spiro atoms. The summed E-state index contributed by atoms with van der Waals surface area (Å²) in [6, 6.07) is 8.87. The molecule has 1 aliphatic heterocycles. The lowest BCUT2D eigenvalue weighted by Crippen LogP contribution is -2.47. The van der Waals surface area contributed by atoms with Crippen LogP contribution in [0.2, 0.25) is 0 Å². The second-order valence-corrected chi connectivity index (χ2v) is 10.3. The minimum atomic E-state index is -3.14. The summed E-state index contributed by atoms with van der Waals surface area (Å²) in [4.78, 5) is 40.0. The van der Waals surface area contributed by atoms with Crippen LogP contribution in [0.3, 0.4) is 0 Å². The van der Waals surface area contributed by atoms with Gasteiger partial charge in [0.1, 0.15) is 21.1 Å². The fourth-order valence-electron chi connectivity index (χ4n) is 3.66. The van der Waals surface area contributed by atoms with Crippen LogP contribution in [-0.4, -0.2) is 59.9 Å². The molecule has 2 N–H and O–H groups in total. The standard InChI is InChI=1S/C22H27N3O6S/c1-15-4-6-16(7-5-15)13-23-20(27)18-12-17(14-26)19-22(29)24(8-3-11-32(2,30)31)9-10-25(19)21(18)28/h4-7,12,26H,3,8-11,13-14H2,1-2H3,(H,23,27). The van der Waals surface area contributed by atoms with E-state index in [0.29, 0.717) is 0 Å². The molecule has 1 aliphatic rings. The SMILES string of the molecule is Cc1ccc(CNC(=O)c2cc(CO)c3n(c2=O)CCN(CCCS(C)(=O)=O)C3=O)cc1. The molecule has 10 heteroatoms. The van der Waals surface area contributed by atoms with Crippen molar-refractivity contribution in [2.45, 2.75) is 33.0 Å². The van der Waals surface area contributed by atoms with E-state index in [1.807, 2.05) is 31.2 Å². The average molecular weight is 462 g/mol. The van der Waals surface area contributed by atoms with E-state index >= 15 is 0 Å². The van der Waals surface area contributed by atoms with Gasteiger partial charge in [0.2, 0.25) is 0 Å². The third kappa shape index (κ3) is 5.43. The number of aryl methyl sites for hydroxylation is 1. The van der Waals surface area contributed by atoms with Gasteiger partial charge in [0.25, 0.3) is 17.4 Å². The van der Waals surface area contributed by atoms with Gasteiger partial charge in [-0.25, -0.2) is 8.42 Å². The predicted octanol–water partition coefficient (Wildman–Crippen LogP) is 0.470. The molecule has 0 fully saturated rings. The molecule has 2 amide bonds. The Labute approximate surface area is 186 Å². The number of carbonyl (C=O) groups is 2. The number of nitrogens with one attached hydrogen (secondary N) is 1. The second kappa shape index (κ2) is 9.66. The number of aliphatic hydroxyl groups is 1. The molecule has 0 saturated heterocycles.